The lowest BCUT2D eigenvalue weighted by molar-refractivity contribution is -0.0468. The maximum atomic E-state index is 7.21. The lowest BCUT2D eigenvalue weighted by Gasteiger charge is -2.44. The number of nitrogens with two attached hydrogens (primary N) is 1. The number of nitrogen functional groups attached to an aromatic ring is 1. The Bertz CT molecular complexity index is 1630. The van der Waals surface area contributed by atoms with Crippen LogP contribution in [0, 0.1) is 0 Å². The molecule has 2 unspecified atom stereocenters. The number of rotatable bonds is 10. The zero-order valence-corrected chi connectivity index (χ0v) is 33.1. The van der Waals surface area contributed by atoms with Crippen molar-refractivity contribution in [1.82, 2.24) is 19.5 Å². The van der Waals surface area contributed by atoms with Crippen molar-refractivity contribution < 1.29 is 31.9 Å². The minimum atomic E-state index is -3.11. The van der Waals surface area contributed by atoms with Crippen LogP contribution in [0.2, 0.25) is 36.3 Å². The molecular weight excluding hydrogens is 674 g/mol. The first-order valence-corrected chi connectivity index (χ1v) is 24.3. The molecule has 0 spiro atoms. The minimum Gasteiger partial charge on any atom is -0.497 e. The van der Waals surface area contributed by atoms with Gasteiger partial charge >= 0.3 is 6.72 Å². The Balaban J connectivity index is 1.49. The molecule has 0 aliphatic carbocycles. The fourth-order valence-corrected chi connectivity index (χ4v) is 9.65. The number of anilines is 1. The van der Waals surface area contributed by atoms with Gasteiger partial charge in [0, 0.05) is 0 Å². The van der Waals surface area contributed by atoms with Gasteiger partial charge < -0.3 is 33.1 Å². The van der Waals surface area contributed by atoms with Crippen LogP contribution < -0.4 is 10.5 Å². The Morgan fingerprint density at radius 1 is 1.00 bits per heavy atom. The Kier molecular flexibility index (Phi) is 10.2. The molecule has 4 heterocycles. The molecule has 1 aromatic carbocycles. The monoisotopic (exact) mass is 723 g/mol. The van der Waals surface area contributed by atoms with Crippen molar-refractivity contribution in [3.63, 3.8) is 0 Å². The highest BCUT2D eigenvalue weighted by Crippen LogP contribution is 2.60. The topological polar surface area (TPSA) is 134 Å². The van der Waals surface area contributed by atoms with Crippen molar-refractivity contribution >= 4 is 52.1 Å². The van der Waals surface area contributed by atoms with Crippen LogP contribution in [0.4, 0.5) is 5.82 Å². The number of hydrogen-bond acceptors (Lipinski definition) is 12. The van der Waals surface area contributed by atoms with E-state index in [1.54, 1.807) is 13.4 Å². The average Bonchev–Trinajstić information content (AvgIpc) is 3.67. The minimum absolute atomic E-state index is 0.0741. The van der Waals surface area contributed by atoms with Crippen LogP contribution in [-0.2, 0) is 39.0 Å². The van der Waals surface area contributed by atoms with Crippen molar-refractivity contribution in [2.75, 3.05) is 26.1 Å². The van der Waals surface area contributed by atoms with Crippen LogP contribution in [0.25, 0.3) is 11.2 Å². The summed E-state index contributed by atoms with van der Waals surface area (Å²) < 4.78 is 47.2. The van der Waals surface area contributed by atoms with Gasteiger partial charge in [0.1, 0.15) is 42.0 Å². The highest BCUT2D eigenvalue weighted by Gasteiger charge is 2.55. The molecule has 2 fully saturated rings. The summed E-state index contributed by atoms with van der Waals surface area (Å²) in [7, 11) is -3.09. The Morgan fingerprint density at radius 3 is 2.30 bits per heavy atom. The van der Waals surface area contributed by atoms with Crippen molar-refractivity contribution in [2.45, 2.75) is 108 Å². The van der Waals surface area contributed by atoms with Gasteiger partial charge in [-0.3, -0.25) is 9.09 Å². The van der Waals surface area contributed by atoms with E-state index >= 15 is 0 Å². The first-order valence-electron chi connectivity index (χ1n) is 15.9. The van der Waals surface area contributed by atoms with Crippen LogP contribution in [0.5, 0.6) is 5.75 Å². The molecule has 2 aliphatic heterocycles. The van der Waals surface area contributed by atoms with Crippen LogP contribution in [0.1, 0.15) is 59.4 Å². The van der Waals surface area contributed by atoms with Crippen molar-refractivity contribution in [1.29, 1.82) is 0 Å². The second-order valence-electron chi connectivity index (χ2n) is 15.2. The zero-order chi connectivity index (χ0) is 34.6. The first kappa shape index (κ1) is 36.5. The van der Waals surface area contributed by atoms with Crippen LogP contribution in [-0.4, -0.2) is 74.8 Å². The maximum absolute atomic E-state index is 7.21. The molecule has 6 atom stereocenters. The highest BCUT2D eigenvalue weighted by atomic mass is 32.5. The smallest absolute Gasteiger partial charge is 0.328 e. The van der Waals surface area contributed by atoms with Gasteiger partial charge in [0.2, 0.25) is 0 Å². The molecule has 260 valence electrons. The maximum Gasteiger partial charge on any atom is 0.328 e. The molecule has 0 radical (unpaired) electrons. The second-order valence-corrected chi connectivity index (χ2v) is 27.7. The van der Waals surface area contributed by atoms with E-state index < -0.39 is 47.9 Å². The van der Waals surface area contributed by atoms with E-state index in [2.05, 4.69) is 82.7 Å². The van der Waals surface area contributed by atoms with Gasteiger partial charge in [0.25, 0.3) is 0 Å². The number of nitrogens with zero attached hydrogens (tertiary/aromatic N) is 4. The normalized spacial score (nSPS) is 27.5. The van der Waals surface area contributed by atoms with Gasteiger partial charge in [0.05, 0.1) is 26.7 Å². The van der Waals surface area contributed by atoms with E-state index in [1.165, 1.54) is 6.33 Å². The first-order chi connectivity index (χ1) is 21.8. The highest BCUT2D eigenvalue weighted by molar-refractivity contribution is 8.07. The molecule has 16 heteroatoms. The molecule has 0 amide bonds. The number of benzene rings is 1. The summed E-state index contributed by atoms with van der Waals surface area (Å²) in [6, 6.07) is 7.68. The number of imidazole rings is 1. The standard InChI is InChI=1S/C31H50N5O7PSSi2/c1-30(2,3)46(8,9)42-25-23(17-39-44(45)38-16-22(41-44)20-13-12-14-21(15-20)37-7)40-29(26(25)43-47(10,11)31(4,5)6)36-19-35-24-27(32)33-18-34-28(24)36/h12-15,18-19,22-23,25-26,29H,16-17H2,1-11H3,(H2,32,33,34)/t22?,23-,25-,26-,29-,44?/m1/s1. The molecule has 5 rings (SSSR count). The van der Waals surface area contributed by atoms with Crippen LogP contribution in [0.15, 0.2) is 36.9 Å². The number of methoxy groups -OCH3 is 1. The number of aromatic nitrogens is 4. The van der Waals surface area contributed by atoms with Gasteiger partial charge in [-0.25, -0.2) is 15.0 Å². The Labute approximate surface area is 285 Å². The number of fused-ring (bicyclic) bond motifs is 1. The molecule has 3 aromatic rings. The summed E-state index contributed by atoms with van der Waals surface area (Å²) in [5.41, 5.74) is 8.13. The molecule has 12 nitrogen and oxygen atoms in total. The van der Waals surface area contributed by atoms with Gasteiger partial charge in [-0.05, 0) is 65.8 Å². The van der Waals surface area contributed by atoms with E-state index in [0.29, 0.717) is 17.0 Å². The molecule has 2 aromatic heterocycles. The number of hydrogen-bond donors (Lipinski definition) is 1. The van der Waals surface area contributed by atoms with E-state index in [0.717, 1.165) is 11.3 Å². The van der Waals surface area contributed by atoms with E-state index in [1.807, 2.05) is 28.8 Å². The van der Waals surface area contributed by atoms with Gasteiger partial charge in [-0.2, -0.15) is 0 Å². The van der Waals surface area contributed by atoms with Crippen molar-refractivity contribution in [2.24, 2.45) is 0 Å². The summed E-state index contributed by atoms with van der Waals surface area (Å²) in [4.78, 5) is 13.2. The average molecular weight is 724 g/mol. The largest absolute Gasteiger partial charge is 0.497 e. The van der Waals surface area contributed by atoms with Gasteiger partial charge in [-0.15, -0.1) is 0 Å². The zero-order valence-electron chi connectivity index (χ0n) is 29.3. The molecule has 47 heavy (non-hydrogen) atoms. The SMILES string of the molecule is COc1cccc(C2COP(=S)(OC[C@H]3O[C@@H](n4cnc5c(N)ncnc54)[C@H](O[Si](C)(C)C(C)(C)C)[C@@H]3O[Si](C)(C)C(C)(C)C)O2)c1. The molecule has 2 saturated heterocycles. The second kappa shape index (κ2) is 13.2. The lowest BCUT2D eigenvalue weighted by Crippen LogP contribution is -2.54. The third-order valence-corrected chi connectivity index (χ3v) is 21.2. The lowest BCUT2D eigenvalue weighted by atomic mass is 10.1. The van der Waals surface area contributed by atoms with Crippen molar-refractivity contribution in [3.8, 4) is 5.75 Å². The summed E-state index contributed by atoms with van der Waals surface area (Å²) in [5.74, 6) is 1.02. The summed E-state index contributed by atoms with van der Waals surface area (Å²) in [6.07, 6.45) is 0.525. The number of ether oxygens (including phenoxy) is 2. The van der Waals surface area contributed by atoms with E-state index in [9.17, 15) is 0 Å². The van der Waals surface area contributed by atoms with Crippen molar-refractivity contribution in [3.05, 3.63) is 42.5 Å². The third kappa shape index (κ3) is 7.54. The van der Waals surface area contributed by atoms with E-state index in [4.69, 9.17) is 49.4 Å². The van der Waals surface area contributed by atoms with Crippen LogP contribution >= 0.6 is 6.72 Å². The predicted molar refractivity (Wildman–Crippen MR) is 191 cm³/mol. The third-order valence-electron chi connectivity index (χ3n) is 9.92. The Hall–Kier alpha value is -1.79. The molecular formula is C31H50N5O7PSSi2. The summed E-state index contributed by atoms with van der Waals surface area (Å²) >= 11 is 5.86. The quantitative estimate of drug-likeness (QED) is 0.169. The van der Waals surface area contributed by atoms with Gasteiger partial charge in [-0.1, -0.05) is 53.7 Å². The predicted octanol–water partition coefficient (Wildman–Crippen LogP) is 7.12. The molecule has 2 N–H and O–H groups in total. The van der Waals surface area contributed by atoms with Crippen LogP contribution in [0.3, 0.4) is 0 Å². The van der Waals surface area contributed by atoms with E-state index in [-0.39, 0.29) is 29.4 Å². The Morgan fingerprint density at radius 2 is 1.66 bits per heavy atom. The van der Waals surface area contributed by atoms with Gasteiger partial charge in [0.15, 0.2) is 34.3 Å². The molecule has 0 bridgehead atoms. The summed E-state index contributed by atoms with van der Waals surface area (Å²) in [6.45, 7) is 19.5. The molecule has 0 saturated carbocycles. The molecule has 2 aliphatic rings. The fourth-order valence-electron chi connectivity index (χ4n) is 5.03. The fraction of sp³-hybridized carbons (Fsp3) is 0.645. The summed E-state index contributed by atoms with van der Waals surface area (Å²) in [5, 5.41) is -0.149.